The van der Waals surface area contributed by atoms with Gasteiger partial charge in [-0.2, -0.15) is 25.3 Å². The van der Waals surface area contributed by atoms with Gasteiger partial charge in [0, 0.05) is 11.5 Å². The number of hydrogen-bond donors (Lipinski definition) is 5. The molecule has 0 aromatic carbocycles. The van der Waals surface area contributed by atoms with Crippen LogP contribution in [0.25, 0.3) is 0 Å². The van der Waals surface area contributed by atoms with E-state index in [9.17, 15) is 4.79 Å². The van der Waals surface area contributed by atoms with Crippen molar-refractivity contribution in [3.05, 3.63) is 0 Å². The predicted octanol–water partition coefficient (Wildman–Crippen LogP) is 2.10. The lowest BCUT2D eigenvalue weighted by Crippen LogP contribution is -2.11. The maximum absolute atomic E-state index is 10.4. The van der Waals surface area contributed by atoms with Crippen molar-refractivity contribution < 1.29 is 20.1 Å². The van der Waals surface area contributed by atoms with Crippen LogP contribution in [0.15, 0.2) is 0 Å². The van der Waals surface area contributed by atoms with Gasteiger partial charge in [-0.3, -0.25) is 4.79 Å². The van der Waals surface area contributed by atoms with Gasteiger partial charge in [0.2, 0.25) is 0 Å². The minimum atomic E-state index is -0.643. The van der Waals surface area contributed by atoms with Crippen LogP contribution in [0, 0.1) is 5.92 Å². The predicted molar refractivity (Wildman–Crippen MR) is 82.8 cm³/mol. The van der Waals surface area contributed by atoms with Crippen LogP contribution >= 0.6 is 25.3 Å². The molecule has 1 unspecified atom stereocenters. The summed E-state index contributed by atoms with van der Waals surface area (Å²) in [6, 6.07) is 0. The van der Waals surface area contributed by atoms with Gasteiger partial charge in [-0.25, -0.2) is 0 Å². The third-order valence-electron chi connectivity index (χ3n) is 1.95. The lowest BCUT2D eigenvalue weighted by atomic mass is 10.00. The highest BCUT2D eigenvalue weighted by molar-refractivity contribution is 7.80. The third-order valence-corrected chi connectivity index (χ3v) is 2.35. The summed E-state index contributed by atoms with van der Waals surface area (Å²) < 4.78 is 0. The van der Waals surface area contributed by atoms with Crippen LogP contribution in [-0.4, -0.2) is 46.0 Å². The van der Waals surface area contributed by atoms with Crippen LogP contribution in [0.4, 0.5) is 0 Å². The van der Waals surface area contributed by atoms with E-state index < -0.39 is 5.97 Å². The fraction of sp³-hybridized carbons (Fsp3) is 0.917. The van der Waals surface area contributed by atoms with Gasteiger partial charge in [-0.05, 0) is 12.8 Å². The number of carboxylic acids is 1. The molecular weight excluding hydrogens is 272 g/mol. The van der Waals surface area contributed by atoms with Gasteiger partial charge in [0.1, 0.15) is 0 Å². The van der Waals surface area contributed by atoms with E-state index in [0.717, 1.165) is 25.7 Å². The van der Waals surface area contributed by atoms with Crippen molar-refractivity contribution >= 4 is 31.2 Å². The monoisotopic (exact) mass is 300 g/mol. The molecule has 0 heterocycles. The van der Waals surface area contributed by atoms with E-state index in [2.05, 4.69) is 32.2 Å². The van der Waals surface area contributed by atoms with Gasteiger partial charge >= 0.3 is 5.97 Å². The average Bonchev–Trinajstić information content (AvgIpc) is 2.40. The number of aliphatic carboxylic acids is 1. The van der Waals surface area contributed by atoms with E-state index in [1.54, 1.807) is 0 Å². The Hall–Kier alpha value is 0.0900. The van der Waals surface area contributed by atoms with E-state index in [1.165, 1.54) is 0 Å². The zero-order valence-corrected chi connectivity index (χ0v) is 13.2. The number of aliphatic hydroxyl groups is 2. The maximum atomic E-state index is 10.4. The van der Waals surface area contributed by atoms with Crippen molar-refractivity contribution in [2.24, 2.45) is 5.92 Å². The fourth-order valence-corrected chi connectivity index (χ4v) is 0.953. The molecule has 0 amide bonds. The molecule has 0 aliphatic heterocycles. The second-order valence-corrected chi connectivity index (χ2v) is 4.37. The van der Waals surface area contributed by atoms with E-state index in [1.807, 2.05) is 6.92 Å². The van der Waals surface area contributed by atoms with E-state index >= 15 is 0 Å². The highest BCUT2D eigenvalue weighted by atomic mass is 32.1. The number of hydrogen-bond acceptors (Lipinski definition) is 5. The highest BCUT2D eigenvalue weighted by Gasteiger charge is 2.12. The van der Waals surface area contributed by atoms with Gasteiger partial charge in [-0.15, -0.1) is 0 Å². The Labute approximate surface area is 122 Å². The first-order valence-electron chi connectivity index (χ1n) is 6.21. The van der Waals surface area contributed by atoms with Crippen LogP contribution in [-0.2, 0) is 4.79 Å². The van der Waals surface area contributed by atoms with Gasteiger partial charge in [0.15, 0.2) is 0 Å². The first-order valence-corrected chi connectivity index (χ1v) is 7.48. The van der Waals surface area contributed by atoms with E-state index in [4.69, 9.17) is 15.3 Å². The molecule has 18 heavy (non-hydrogen) atoms. The topological polar surface area (TPSA) is 77.8 Å². The van der Waals surface area contributed by atoms with Crippen LogP contribution in [0.3, 0.4) is 0 Å². The summed E-state index contributed by atoms with van der Waals surface area (Å²) in [5, 5.41) is 24.2. The molecule has 112 valence electrons. The van der Waals surface area contributed by atoms with E-state index in [0.29, 0.717) is 11.5 Å². The van der Waals surface area contributed by atoms with Crippen molar-refractivity contribution in [2.75, 3.05) is 24.7 Å². The molecule has 0 rings (SSSR count). The Balaban J connectivity index is -0.000000233. The third kappa shape index (κ3) is 25.1. The Morgan fingerprint density at radius 1 is 1.11 bits per heavy atom. The molecule has 0 aliphatic carbocycles. The summed E-state index contributed by atoms with van der Waals surface area (Å²) in [7, 11) is 0. The number of unbranched alkanes of at least 4 members (excludes halogenated alkanes) is 1. The summed E-state index contributed by atoms with van der Waals surface area (Å²) in [5.74, 6) is 0.385. The quantitative estimate of drug-likeness (QED) is 0.467. The number of carbonyl (C=O) groups is 1. The van der Waals surface area contributed by atoms with Crippen LogP contribution in [0.2, 0.25) is 0 Å². The molecule has 0 saturated heterocycles. The number of rotatable bonds is 7. The molecule has 0 aliphatic rings. The number of thiol groups is 2. The molecule has 3 N–H and O–H groups in total. The largest absolute Gasteiger partial charge is 0.481 e. The van der Waals surface area contributed by atoms with E-state index in [-0.39, 0.29) is 19.1 Å². The fourth-order valence-electron chi connectivity index (χ4n) is 0.953. The smallest absolute Gasteiger partial charge is 0.306 e. The molecule has 0 aromatic heterocycles. The molecule has 1 atom stereocenters. The average molecular weight is 300 g/mol. The van der Waals surface area contributed by atoms with Crippen LogP contribution in [0.5, 0.6) is 0 Å². The molecule has 4 nitrogen and oxygen atoms in total. The molecular formula is C12H28O4S2. The zero-order chi connectivity index (χ0) is 14.8. The summed E-state index contributed by atoms with van der Waals surface area (Å²) >= 11 is 7.34. The lowest BCUT2D eigenvalue weighted by molar-refractivity contribution is -0.142. The summed E-state index contributed by atoms with van der Waals surface area (Å²) in [6.07, 6.45) is 3.71. The second-order valence-electron chi connectivity index (χ2n) is 3.48. The molecule has 0 spiro atoms. The summed E-state index contributed by atoms with van der Waals surface area (Å²) in [5.41, 5.74) is 0. The van der Waals surface area contributed by atoms with Crippen molar-refractivity contribution in [3.63, 3.8) is 0 Å². The van der Waals surface area contributed by atoms with Gasteiger partial charge in [0.05, 0.1) is 19.1 Å². The maximum Gasteiger partial charge on any atom is 0.306 e. The minimum absolute atomic E-state index is 0.111. The van der Waals surface area contributed by atoms with Crippen molar-refractivity contribution in [3.8, 4) is 0 Å². The van der Waals surface area contributed by atoms with Gasteiger partial charge in [0.25, 0.3) is 0 Å². The second kappa shape index (κ2) is 22.3. The highest BCUT2D eigenvalue weighted by Crippen LogP contribution is 2.11. The Bertz CT molecular complexity index is 149. The summed E-state index contributed by atoms with van der Waals surface area (Å²) in [6.45, 7) is 4.37. The molecule has 0 fully saturated rings. The van der Waals surface area contributed by atoms with Crippen LogP contribution in [0.1, 0.15) is 39.5 Å². The van der Waals surface area contributed by atoms with Crippen LogP contribution < -0.4 is 0 Å². The van der Waals surface area contributed by atoms with Crippen molar-refractivity contribution in [2.45, 2.75) is 39.5 Å². The Kier molecular flexibility index (Phi) is 28.7. The lowest BCUT2D eigenvalue weighted by Gasteiger charge is -2.06. The molecule has 0 radical (unpaired) electrons. The Morgan fingerprint density at radius 2 is 1.50 bits per heavy atom. The zero-order valence-electron chi connectivity index (χ0n) is 11.4. The molecule has 0 saturated carbocycles. The standard InChI is InChI=1S/C8H16O2.2C2H6OS/c1-3-5-6-7(4-2)8(9)10;2*3-1-2-4/h7H,3-6H2,1-2H3,(H,9,10);2*3-4H,1-2H2. The van der Waals surface area contributed by atoms with Crippen molar-refractivity contribution in [1.29, 1.82) is 0 Å². The Morgan fingerprint density at radius 3 is 1.67 bits per heavy atom. The van der Waals surface area contributed by atoms with Crippen molar-refractivity contribution in [1.82, 2.24) is 0 Å². The molecule has 6 heteroatoms. The summed E-state index contributed by atoms with van der Waals surface area (Å²) in [4.78, 5) is 10.4. The first kappa shape index (κ1) is 23.2. The molecule has 0 bridgehead atoms. The number of aliphatic hydroxyl groups excluding tert-OH is 2. The SMILES string of the molecule is CCCCC(CC)C(=O)O.OCCS.OCCS. The van der Waals surface area contributed by atoms with Gasteiger partial charge in [-0.1, -0.05) is 26.7 Å². The minimum Gasteiger partial charge on any atom is -0.481 e. The molecule has 0 aromatic rings. The van der Waals surface area contributed by atoms with Gasteiger partial charge < -0.3 is 15.3 Å². The first-order chi connectivity index (χ1) is 8.55. The normalized spacial score (nSPS) is 10.6. The number of carboxylic acid groups (broad SMARTS) is 1.